The van der Waals surface area contributed by atoms with Gasteiger partial charge in [-0.05, 0) is 39.0 Å². The molecule has 31 heavy (non-hydrogen) atoms. The zero-order valence-corrected chi connectivity index (χ0v) is 17.8. The number of carbonyl (C=O) groups is 1. The molecule has 2 aromatic heterocycles. The van der Waals surface area contributed by atoms with Crippen molar-refractivity contribution in [3.63, 3.8) is 0 Å². The van der Waals surface area contributed by atoms with Crippen LogP contribution in [-0.2, 0) is 5.54 Å². The van der Waals surface area contributed by atoms with Gasteiger partial charge in [-0.25, -0.2) is 13.8 Å². The first-order valence-electron chi connectivity index (χ1n) is 9.09. The molecule has 0 spiro atoms. The number of aliphatic imine (C=N–C) groups is 1. The number of alkyl halides is 2. The fourth-order valence-electron chi connectivity index (χ4n) is 3.07. The number of amidine groups is 1. The zero-order chi connectivity index (χ0) is 23.2. The molecule has 0 saturated heterocycles. The molecule has 1 amide bonds. The molecule has 168 valence electrons. The minimum atomic E-state index is -3.28. The number of aromatic nitrogens is 2. The average Bonchev–Trinajstić information content (AvgIpc) is 2.67. The molecular weight excluding hydrogens is 435 g/mol. The van der Waals surface area contributed by atoms with Crippen LogP contribution in [0.5, 0.6) is 0 Å². The second kappa shape index (κ2) is 7.77. The van der Waals surface area contributed by atoms with Crippen molar-refractivity contribution in [1.29, 1.82) is 0 Å². The van der Waals surface area contributed by atoms with Crippen LogP contribution in [0.2, 0.25) is 0 Å². The Kier molecular flexibility index (Phi) is 5.76. The van der Waals surface area contributed by atoms with Gasteiger partial charge in [0.25, 0.3) is 12.3 Å². The lowest BCUT2D eigenvalue weighted by Crippen LogP contribution is -2.52. The summed E-state index contributed by atoms with van der Waals surface area (Å²) in [5, 5.41) is 2.46. The molecule has 0 bridgehead atoms. The number of carbonyl (C=O) groups excluding carboxylic acids is 1. The molecule has 5 N–H and O–H groups in total. The van der Waals surface area contributed by atoms with Crippen molar-refractivity contribution in [1.82, 2.24) is 9.97 Å². The molecule has 3 heterocycles. The fraction of sp³-hybridized carbons (Fsp3) is 0.368. The molecule has 1 aliphatic heterocycles. The lowest BCUT2D eigenvalue weighted by atomic mass is 9.94. The van der Waals surface area contributed by atoms with Gasteiger partial charge in [0.15, 0.2) is 0 Å². The van der Waals surface area contributed by atoms with E-state index < -0.39 is 39.2 Å². The molecule has 0 aromatic carbocycles. The van der Waals surface area contributed by atoms with E-state index in [1.54, 1.807) is 0 Å². The van der Waals surface area contributed by atoms with Gasteiger partial charge < -0.3 is 11.1 Å². The Bertz CT molecular complexity index is 1050. The second-order valence-corrected chi connectivity index (χ2v) is 10.5. The van der Waals surface area contributed by atoms with Crippen LogP contribution in [0.25, 0.3) is 0 Å². The summed E-state index contributed by atoms with van der Waals surface area (Å²) in [5.41, 5.74) is 4.05. The molecule has 0 fully saturated rings. The molecule has 1 aliphatic rings. The molecule has 1 atom stereocenters. The lowest BCUT2D eigenvalue weighted by molar-refractivity contribution is 0.102. The number of halogens is 3. The monoisotopic (exact) mass is 457 g/mol. The summed E-state index contributed by atoms with van der Waals surface area (Å²) in [6, 6.07) is 3.48. The van der Waals surface area contributed by atoms with E-state index in [1.165, 1.54) is 26.8 Å². The normalized spacial score (nSPS) is 23.2. The van der Waals surface area contributed by atoms with Crippen LogP contribution in [0.3, 0.4) is 0 Å². The maximum absolute atomic E-state index is 14.6. The summed E-state index contributed by atoms with van der Waals surface area (Å²) in [7, 11) is -3.28. The van der Waals surface area contributed by atoms with Crippen molar-refractivity contribution in [2.75, 3.05) is 11.1 Å². The SMILES string of the molecule is CC1(C)C(N)=N[C@](C)(c2cc(NC(=O)c3ccc(C(F)F)cn3)cnc2F)CS1(O)O. The van der Waals surface area contributed by atoms with E-state index in [9.17, 15) is 27.1 Å². The standard InChI is InChI=1S/C19H22F3N5O3S/c1-18(2)17(23)27-19(3,9-31(18,29)30)12-6-11(8-25-15(12)22)26-16(28)13-5-4-10(7-24-13)14(20)21/h4-8,14,29-30H,9H2,1-3H3,(H2,23,27)(H,26,28)/t19-/m0/s1. The summed E-state index contributed by atoms with van der Waals surface area (Å²) in [4.78, 5) is 24.0. The van der Waals surface area contributed by atoms with Crippen LogP contribution in [0.1, 0.15) is 48.8 Å². The number of anilines is 1. The van der Waals surface area contributed by atoms with E-state index >= 15 is 0 Å². The number of pyridine rings is 2. The van der Waals surface area contributed by atoms with Gasteiger partial charge in [-0.2, -0.15) is 15.0 Å². The topological polar surface area (TPSA) is 134 Å². The van der Waals surface area contributed by atoms with Crippen LogP contribution in [0.15, 0.2) is 35.6 Å². The van der Waals surface area contributed by atoms with E-state index in [1.807, 2.05) is 0 Å². The maximum atomic E-state index is 14.6. The van der Waals surface area contributed by atoms with Crippen molar-refractivity contribution in [3.8, 4) is 0 Å². The van der Waals surface area contributed by atoms with Crippen molar-refractivity contribution in [3.05, 3.63) is 53.4 Å². The number of nitrogens with one attached hydrogen (secondary N) is 1. The van der Waals surface area contributed by atoms with Crippen LogP contribution in [0.4, 0.5) is 18.9 Å². The third kappa shape index (κ3) is 4.23. The molecule has 8 nitrogen and oxygen atoms in total. The first-order valence-corrected chi connectivity index (χ1v) is 10.8. The molecule has 0 saturated carbocycles. The third-order valence-electron chi connectivity index (χ3n) is 5.23. The number of hydrogen-bond donors (Lipinski definition) is 4. The second-order valence-electron chi connectivity index (χ2n) is 7.89. The van der Waals surface area contributed by atoms with Gasteiger partial charge in [-0.3, -0.25) is 23.9 Å². The van der Waals surface area contributed by atoms with Crippen LogP contribution >= 0.6 is 10.6 Å². The molecular formula is C19H22F3N5O3S. The Morgan fingerprint density at radius 2 is 1.90 bits per heavy atom. The number of rotatable bonds is 4. The zero-order valence-electron chi connectivity index (χ0n) is 16.9. The maximum Gasteiger partial charge on any atom is 0.274 e. The summed E-state index contributed by atoms with van der Waals surface area (Å²) >= 11 is 0. The number of hydrogen-bond acceptors (Lipinski definition) is 7. The van der Waals surface area contributed by atoms with Gasteiger partial charge in [0.2, 0.25) is 5.95 Å². The van der Waals surface area contributed by atoms with E-state index in [2.05, 4.69) is 20.3 Å². The predicted octanol–water partition coefficient (Wildman–Crippen LogP) is 3.92. The van der Waals surface area contributed by atoms with Gasteiger partial charge in [0.05, 0.1) is 17.6 Å². The average molecular weight is 457 g/mol. The van der Waals surface area contributed by atoms with Gasteiger partial charge in [-0.15, -0.1) is 0 Å². The van der Waals surface area contributed by atoms with Gasteiger partial charge in [0, 0.05) is 17.3 Å². The van der Waals surface area contributed by atoms with E-state index in [4.69, 9.17) is 5.73 Å². The molecule has 3 rings (SSSR count). The molecule has 0 unspecified atom stereocenters. The predicted molar refractivity (Wildman–Crippen MR) is 112 cm³/mol. The van der Waals surface area contributed by atoms with Crippen LogP contribution in [0, 0.1) is 5.95 Å². The minimum Gasteiger partial charge on any atom is -0.386 e. The van der Waals surface area contributed by atoms with Gasteiger partial charge in [-0.1, -0.05) is 0 Å². The Labute approximate surface area is 178 Å². The van der Waals surface area contributed by atoms with E-state index in [-0.39, 0.29) is 34.1 Å². The van der Waals surface area contributed by atoms with E-state index in [0.29, 0.717) is 0 Å². The highest BCUT2D eigenvalue weighted by atomic mass is 32.3. The molecule has 2 aromatic rings. The highest BCUT2D eigenvalue weighted by Gasteiger charge is 2.49. The Morgan fingerprint density at radius 1 is 1.23 bits per heavy atom. The number of amides is 1. The van der Waals surface area contributed by atoms with E-state index in [0.717, 1.165) is 24.5 Å². The summed E-state index contributed by atoms with van der Waals surface area (Å²) in [6.07, 6.45) is -0.762. The van der Waals surface area contributed by atoms with Crippen LogP contribution < -0.4 is 11.1 Å². The van der Waals surface area contributed by atoms with Crippen molar-refractivity contribution in [2.45, 2.75) is 37.5 Å². The van der Waals surface area contributed by atoms with Gasteiger partial charge in [0.1, 0.15) is 21.8 Å². The largest absolute Gasteiger partial charge is 0.386 e. The molecule has 0 radical (unpaired) electrons. The lowest BCUT2D eigenvalue weighted by Gasteiger charge is -2.53. The molecule has 12 heteroatoms. The number of nitrogens with two attached hydrogens (primary N) is 1. The third-order valence-corrected chi connectivity index (χ3v) is 8.04. The quantitative estimate of drug-likeness (QED) is 0.514. The highest BCUT2D eigenvalue weighted by Crippen LogP contribution is 2.59. The Morgan fingerprint density at radius 3 is 2.45 bits per heavy atom. The minimum absolute atomic E-state index is 0.0431. The van der Waals surface area contributed by atoms with Crippen LogP contribution in [-0.4, -0.2) is 41.3 Å². The highest BCUT2D eigenvalue weighted by molar-refractivity contribution is 8.26. The summed E-state index contributed by atoms with van der Waals surface area (Å²) < 4.78 is 59.8. The van der Waals surface area contributed by atoms with Gasteiger partial charge >= 0.3 is 0 Å². The van der Waals surface area contributed by atoms with Crippen molar-refractivity contribution in [2.24, 2.45) is 10.7 Å². The Hall–Kier alpha value is -2.70. The first kappa shape index (κ1) is 23.0. The van der Waals surface area contributed by atoms with Crippen molar-refractivity contribution >= 4 is 28.0 Å². The van der Waals surface area contributed by atoms with Crippen molar-refractivity contribution < 1.29 is 27.1 Å². The molecule has 0 aliphatic carbocycles. The first-order chi connectivity index (χ1) is 14.3. The fourth-order valence-corrected chi connectivity index (χ4v) is 4.81. The summed E-state index contributed by atoms with van der Waals surface area (Å²) in [5.74, 6) is -1.97. The Balaban J connectivity index is 1.92. The number of nitrogens with zero attached hydrogens (tertiary/aromatic N) is 3. The smallest absolute Gasteiger partial charge is 0.274 e. The summed E-state index contributed by atoms with van der Waals surface area (Å²) in [6.45, 7) is 4.57.